The predicted molar refractivity (Wildman–Crippen MR) is 88.2 cm³/mol. The summed E-state index contributed by atoms with van der Waals surface area (Å²) < 4.78 is 0. The van der Waals surface area contributed by atoms with E-state index in [1.807, 2.05) is 24.3 Å². The Morgan fingerprint density at radius 2 is 2.29 bits per heavy atom. The van der Waals surface area contributed by atoms with Crippen LogP contribution in [0.5, 0.6) is 0 Å². The molecule has 3 rings (SSSR count). The highest BCUT2D eigenvalue weighted by Crippen LogP contribution is 2.23. The lowest BCUT2D eigenvalue weighted by Crippen LogP contribution is -2.46. The molecular formula is C16H19N3OS. The average molecular weight is 301 g/mol. The van der Waals surface area contributed by atoms with Gasteiger partial charge in [0.2, 0.25) is 0 Å². The monoisotopic (exact) mass is 301 g/mol. The second kappa shape index (κ2) is 6.18. The van der Waals surface area contributed by atoms with Crippen LogP contribution in [0.1, 0.15) is 16.9 Å². The van der Waals surface area contributed by atoms with Crippen molar-refractivity contribution in [3.8, 4) is 0 Å². The van der Waals surface area contributed by atoms with Crippen molar-refractivity contribution in [2.45, 2.75) is 19.9 Å². The number of benzene rings is 1. The van der Waals surface area contributed by atoms with Gasteiger partial charge in [-0.2, -0.15) is 0 Å². The Kier molecular flexibility index (Phi) is 4.10. The number of hydrogen-bond donors (Lipinski definition) is 2. The normalized spacial score (nSPS) is 14.9. The molecule has 21 heavy (non-hydrogen) atoms. The zero-order valence-electron chi connectivity index (χ0n) is 12.1. The number of nitrogens with zero attached hydrogens (tertiary/aromatic N) is 1. The fraction of sp³-hybridized carbons (Fsp3) is 0.312. The number of urea groups is 1. The average Bonchev–Trinajstić information content (AvgIpc) is 2.91. The topological polar surface area (TPSA) is 44.4 Å². The summed E-state index contributed by atoms with van der Waals surface area (Å²) in [6.07, 6.45) is 0.984. The van der Waals surface area contributed by atoms with Crippen LogP contribution in [0.3, 0.4) is 0 Å². The Labute approximate surface area is 128 Å². The molecule has 2 N–H and O–H groups in total. The maximum atomic E-state index is 11.9. The van der Waals surface area contributed by atoms with Gasteiger partial charge in [0.15, 0.2) is 0 Å². The lowest BCUT2D eigenvalue weighted by Gasteiger charge is -2.27. The zero-order chi connectivity index (χ0) is 14.7. The summed E-state index contributed by atoms with van der Waals surface area (Å²) in [5, 5.41) is 8.43. The van der Waals surface area contributed by atoms with E-state index in [1.165, 1.54) is 10.4 Å². The van der Waals surface area contributed by atoms with Gasteiger partial charge in [0.25, 0.3) is 0 Å². The minimum atomic E-state index is -0.00694. The molecule has 2 aromatic rings. The largest absolute Gasteiger partial charge is 0.380 e. The molecule has 0 aliphatic carbocycles. The molecule has 0 atom stereocenters. The maximum Gasteiger partial charge on any atom is 0.321 e. The predicted octanol–water partition coefficient (Wildman–Crippen LogP) is 3.59. The number of amides is 2. The van der Waals surface area contributed by atoms with E-state index in [9.17, 15) is 4.79 Å². The third-order valence-corrected chi connectivity index (χ3v) is 4.68. The van der Waals surface area contributed by atoms with Crippen molar-refractivity contribution in [3.63, 3.8) is 0 Å². The first-order valence-electron chi connectivity index (χ1n) is 7.16. The van der Waals surface area contributed by atoms with Gasteiger partial charge in [-0.05, 0) is 48.6 Å². The summed E-state index contributed by atoms with van der Waals surface area (Å²) in [7, 11) is 0. The maximum absolute atomic E-state index is 11.9. The second-order valence-corrected chi connectivity index (χ2v) is 6.17. The van der Waals surface area contributed by atoms with E-state index < -0.39 is 0 Å². The Bertz CT molecular complexity index is 638. The summed E-state index contributed by atoms with van der Waals surface area (Å²) in [5.41, 5.74) is 3.30. The quantitative estimate of drug-likeness (QED) is 0.906. The number of nitrogens with one attached hydrogen (secondary N) is 2. The highest BCUT2D eigenvalue weighted by atomic mass is 32.1. The molecule has 0 bridgehead atoms. The van der Waals surface area contributed by atoms with Gasteiger partial charge in [0.1, 0.15) is 0 Å². The molecule has 1 saturated heterocycles. The standard InChI is InChI=1S/C16H19N3OS/c1-12-6-9-21-15(12)11-18-13-4-2-5-14(10-13)19-8-3-7-17-16(19)20/h2,4-6,9-10,18H,3,7-8,11H2,1H3,(H,17,20). The Morgan fingerprint density at radius 3 is 3.05 bits per heavy atom. The van der Waals surface area contributed by atoms with E-state index in [2.05, 4.69) is 29.0 Å². The Hall–Kier alpha value is -2.01. The molecule has 1 aromatic carbocycles. The van der Waals surface area contributed by atoms with Crippen LogP contribution in [0.4, 0.5) is 16.2 Å². The van der Waals surface area contributed by atoms with Crippen molar-refractivity contribution in [1.82, 2.24) is 5.32 Å². The van der Waals surface area contributed by atoms with Crippen LogP contribution in [0, 0.1) is 6.92 Å². The molecule has 1 fully saturated rings. The molecule has 1 aromatic heterocycles. The van der Waals surface area contributed by atoms with Crippen molar-refractivity contribution in [2.24, 2.45) is 0 Å². The number of anilines is 2. The smallest absolute Gasteiger partial charge is 0.321 e. The molecule has 2 heterocycles. The lowest BCUT2D eigenvalue weighted by molar-refractivity contribution is 0.243. The van der Waals surface area contributed by atoms with Crippen LogP contribution < -0.4 is 15.5 Å². The number of hydrogen-bond acceptors (Lipinski definition) is 3. The molecular weight excluding hydrogens is 282 g/mol. The van der Waals surface area contributed by atoms with E-state index in [-0.39, 0.29) is 6.03 Å². The first kappa shape index (κ1) is 13.9. The van der Waals surface area contributed by atoms with E-state index in [1.54, 1.807) is 16.2 Å². The third-order valence-electron chi connectivity index (χ3n) is 3.66. The van der Waals surface area contributed by atoms with Crippen LogP contribution in [0.25, 0.3) is 0 Å². The highest BCUT2D eigenvalue weighted by Gasteiger charge is 2.19. The van der Waals surface area contributed by atoms with Gasteiger partial charge in [-0.25, -0.2) is 4.79 Å². The number of thiophene rings is 1. The van der Waals surface area contributed by atoms with Crippen LogP contribution in [0.15, 0.2) is 35.7 Å². The molecule has 0 spiro atoms. The number of carbonyl (C=O) groups excluding carboxylic acids is 1. The van der Waals surface area contributed by atoms with Crippen molar-refractivity contribution < 1.29 is 4.79 Å². The first-order valence-corrected chi connectivity index (χ1v) is 8.04. The summed E-state index contributed by atoms with van der Waals surface area (Å²) in [6, 6.07) is 10.2. The van der Waals surface area contributed by atoms with Gasteiger partial charge in [-0.1, -0.05) is 6.07 Å². The third kappa shape index (κ3) is 3.19. The zero-order valence-corrected chi connectivity index (χ0v) is 12.9. The second-order valence-electron chi connectivity index (χ2n) is 5.17. The van der Waals surface area contributed by atoms with Gasteiger partial charge < -0.3 is 10.6 Å². The van der Waals surface area contributed by atoms with Gasteiger partial charge in [0, 0.05) is 35.9 Å². The van der Waals surface area contributed by atoms with Gasteiger partial charge in [-0.3, -0.25) is 4.90 Å². The molecule has 1 aliphatic rings. The summed E-state index contributed by atoms with van der Waals surface area (Å²) >= 11 is 1.76. The van der Waals surface area contributed by atoms with E-state index in [0.29, 0.717) is 0 Å². The highest BCUT2D eigenvalue weighted by molar-refractivity contribution is 7.10. The van der Waals surface area contributed by atoms with Crippen LogP contribution >= 0.6 is 11.3 Å². The minimum absolute atomic E-state index is 0.00694. The van der Waals surface area contributed by atoms with Gasteiger partial charge in [-0.15, -0.1) is 11.3 Å². The molecule has 5 heteroatoms. The lowest BCUT2D eigenvalue weighted by atomic mass is 10.2. The van der Waals surface area contributed by atoms with E-state index >= 15 is 0 Å². The SMILES string of the molecule is Cc1ccsc1CNc1cccc(N2CCCNC2=O)c1. The fourth-order valence-electron chi connectivity index (χ4n) is 2.43. The molecule has 4 nitrogen and oxygen atoms in total. The van der Waals surface area contributed by atoms with E-state index in [0.717, 1.165) is 37.4 Å². The van der Waals surface area contributed by atoms with Crippen molar-refractivity contribution in [3.05, 3.63) is 46.2 Å². The summed E-state index contributed by atoms with van der Waals surface area (Å²) in [4.78, 5) is 15.0. The van der Waals surface area contributed by atoms with Crippen molar-refractivity contribution in [1.29, 1.82) is 0 Å². The molecule has 0 saturated carbocycles. The van der Waals surface area contributed by atoms with Gasteiger partial charge in [0.05, 0.1) is 0 Å². The Balaban J connectivity index is 1.71. The van der Waals surface area contributed by atoms with Gasteiger partial charge >= 0.3 is 6.03 Å². The van der Waals surface area contributed by atoms with Crippen LogP contribution in [0.2, 0.25) is 0 Å². The van der Waals surface area contributed by atoms with Crippen LogP contribution in [-0.4, -0.2) is 19.1 Å². The molecule has 0 radical (unpaired) electrons. The Morgan fingerprint density at radius 1 is 1.38 bits per heavy atom. The van der Waals surface area contributed by atoms with Crippen LogP contribution in [-0.2, 0) is 6.54 Å². The number of carbonyl (C=O) groups is 1. The van der Waals surface area contributed by atoms with E-state index in [4.69, 9.17) is 0 Å². The fourth-order valence-corrected chi connectivity index (χ4v) is 3.27. The number of rotatable bonds is 4. The molecule has 2 amide bonds. The summed E-state index contributed by atoms with van der Waals surface area (Å²) in [6.45, 7) is 4.49. The first-order chi connectivity index (χ1) is 10.2. The minimum Gasteiger partial charge on any atom is -0.380 e. The molecule has 0 unspecified atom stereocenters. The van der Waals surface area contributed by atoms with Crippen molar-refractivity contribution >= 4 is 28.7 Å². The molecule has 110 valence electrons. The molecule has 1 aliphatic heterocycles. The number of aryl methyl sites for hydroxylation is 1. The van der Waals surface area contributed by atoms with Crippen molar-refractivity contribution in [2.75, 3.05) is 23.3 Å². The summed E-state index contributed by atoms with van der Waals surface area (Å²) in [5.74, 6) is 0.